The molecule has 0 amide bonds. The maximum atomic E-state index is 9.00. The first-order chi connectivity index (χ1) is 9.52. The van der Waals surface area contributed by atoms with E-state index in [-0.39, 0.29) is 19.5 Å². The summed E-state index contributed by atoms with van der Waals surface area (Å²) >= 11 is 0. The van der Waals surface area contributed by atoms with E-state index in [0.717, 1.165) is 18.0 Å². The fourth-order valence-electron chi connectivity index (χ4n) is 2.30. The molecular weight excluding hydrogens is 261 g/mol. The molecule has 3 rings (SSSR count). The van der Waals surface area contributed by atoms with Crippen molar-refractivity contribution < 1.29 is 23.9 Å². The minimum absolute atomic E-state index is 0.0684. The number of nitrogens with one attached hydrogen (secondary N) is 1. The van der Waals surface area contributed by atoms with Gasteiger partial charge in [0.2, 0.25) is 0 Å². The Morgan fingerprint density at radius 2 is 2.20 bits per heavy atom. The van der Waals surface area contributed by atoms with Crippen LogP contribution in [0.2, 0.25) is 0 Å². The van der Waals surface area contributed by atoms with E-state index in [1.165, 1.54) is 5.57 Å². The number of hydrogen-bond donors (Lipinski definition) is 2. The zero-order chi connectivity index (χ0) is 14.7. The van der Waals surface area contributed by atoms with Crippen LogP contribution in [0.15, 0.2) is 35.0 Å². The Labute approximate surface area is 118 Å². The number of likely N-dealkylation sites (N-methyl/N-ethyl adjacent to an activating group) is 1. The van der Waals surface area contributed by atoms with Crippen molar-refractivity contribution in [2.75, 3.05) is 13.7 Å². The van der Waals surface area contributed by atoms with Crippen LogP contribution in [-0.4, -0.2) is 44.2 Å². The normalized spacial score (nSPS) is 26.9. The van der Waals surface area contributed by atoms with E-state index in [1.807, 2.05) is 20.0 Å². The molecule has 0 bridgehead atoms. The molecular formula is C13H18BNO5. The topological polar surface area (TPSA) is 77.0 Å². The summed E-state index contributed by atoms with van der Waals surface area (Å²) in [7, 11) is 1.61. The third kappa shape index (κ3) is 3.12. The lowest BCUT2D eigenvalue weighted by molar-refractivity contribution is -0.134. The summed E-state index contributed by atoms with van der Waals surface area (Å²) in [5.41, 5.74) is 3.48. The highest BCUT2D eigenvalue weighted by Crippen LogP contribution is 2.36. The second-order valence-corrected chi connectivity index (χ2v) is 4.65. The standard InChI is InChI=1S/C11H14BNO3.C2H4O2/c1-7-9-6-14-4-3-8-5-10(13-2)16-12(15-7)11(8)9;1-2(3)4/h3-5,7,10,13H,6H2,1-2H3;1H3,(H,3,4). The molecule has 0 aromatic rings. The fraction of sp³-hybridized carbons (Fsp3) is 0.462. The summed E-state index contributed by atoms with van der Waals surface area (Å²) in [6.45, 7) is 3.71. The number of ether oxygens (including phenoxy) is 1. The van der Waals surface area contributed by atoms with Crippen molar-refractivity contribution in [3.8, 4) is 0 Å². The van der Waals surface area contributed by atoms with Crippen LogP contribution in [0.1, 0.15) is 13.8 Å². The molecule has 0 radical (unpaired) electrons. The van der Waals surface area contributed by atoms with E-state index in [1.54, 1.807) is 6.26 Å². The summed E-state index contributed by atoms with van der Waals surface area (Å²) in [5, 5.41) is 10.5. The van der Waals surface area contributed by atoms with Gasteiger partial charge in [0, 0.05) is 6.92 Å². The van der Waals surface area contributed by atoms with Gasteiger partial charge in [-0.2, -0.15) is 0 Å². The monoisotopic (exact) mass is 279 g/mol. The quantitative estimate of drug-likeness (QED) is 0.693. The number of rotatable bonds is 1. The molecule has 0 saturated carbocycles. The third-order valence-corrected chi connectivity index (χ3v) is 3.18. The molecule has 7 heteroatoms. The molecule has 0 spiro atoms. The van der Waals surface area contributed by atoms with Crippen LogP contribution in [0.5, 0.6) is 0 Å². The van der Waals surface area contributed by atoms with Gasteiger partial charge in [0.25, 0.3) is 5.97 Å². The number of carboxylic acid groups (broad SMARTS) is 1. The molecule has 20 heavy (non-hydrogen) atoms. The second kappa shape index (κ2) is 6.26. The van der Waals surface area contributed by atoms with Gasteiger partial charge in [-0.05, 0) is 42.7 Å². The van der Waals surface area contributed by atoms with Crippen LogP contribution in [0.4, 0.5) is 0 Å². The van der Waals surface area contributed by atoms with Gasteiger partial charge >= 0.3 is 7.12 Å². The van der Waals surface area contributed by atoms with Gasteiger partial charge in [-0.25, -0.2) is 0 Å². The molecule has 3 heterocycles. The molecule has 2 atom stereocenters. The van der Waals surface area contributed by atoms with Crippen molar-refractivity contribution in [2.24, 2.45) is 0 Å². The van der Waals surface area contributed by atoms with Crippen molar-refractivity contribution in [2.45, 2.75) is 26.2 Å². The second-order valence-electron chi connectivity index (χ2n) is 4.65. The van der Waals surface area contributed by atoms with Crippen molar-refractivity contribution in [3.63, 3.8) is 0 Å². The predicted molar refractivity (Wildman–Crippen MR) is 73.7 cm³/mol. The molecule has 6 nitrogen and oxygen atoms in total. The summed E-state index contributed by atoms with van der Waals surface area (Å²) in [6.07, 6.45) is 5.74. The van der Waals surface area contributed by atoms with E-state index < -0.39 is 5.97 Å². The fourth-order valence-corrected chi connectivity index (χ4v) is 2.30. The molecule has 108 valence electrons. The van der Waals surface area contributed by atoms with Crippen LogP contribution < -0.4 is 5.32 Å². The Morgan fingerprint density at radius 1 is 1.50 bits per heavy atom. The molecule has 2 N–H and O–H groups in total. The molecule has 3 aliphatic rings. The molecule has 0 aromatic carbocycles. The average Bonchev–Trinajstić information content (AvgIpc) is 2.58. The predicted octanol–water partition coefficient (Wildman–Crippen LogP) is 0.866. The van der Waals surface area contributed by atoms with Gasteiger partial charge in [-0.15, -0.1) is 0 Å². The van der Waals surface area contributed by atoms with Gasteiger partial charge in [-0.3, -0.25) is 10.1 Å². The molecule has 0 fully saturated rings. The lowest BCUT2D eigenvalue weighted by Gasteiger charge is -2.24. The summed E-state index contributed by atoms with van der Waals surface area (Å²) in [6, 6.07) is 0. The smallest absolute Gasteiger partial charge is 0.496 e. The first-order valence-corrected chi connectivity index (χ1v) is 6.44. The van der Waals surface area contributed by atoms with E-state index in [2.05, 4.69) is 11.4 Å². The Balaban J connectivity index is 0.000000328. The zero-order valence-corrected chi connectivity index (χ0v) is 11.8. The molecule has 0 aromatic heterocycles. The molecule has 2 unspecified atom stereocenters. The Morgan fingerprint density at radius 3 is 2.85 bits per heavy atom. The third-order valence-electron chi connectivity index (χ3n) is 3.18. The lowest BCUT2D eigenvalue weighted by atomic mass is 9.71. The van der Waals surface area contributed by atoms with Gasteiger partial charge in [-0.1, -0.05) is 0 Å². The van der Waals surface area contributed by atoms with E-state index in [0.29, 0.717) is 6.61 Å². The van der Waals surface area contributed by atoms with E-state index in [9.17, 15) is 0 Å². The Kier molecular flexibility index (Phi) is 4.64. The SMILES string of the molecule is CC(=O)O.CNC1C=C2C=COCC3=C2B(O1)OC3C. The summed E-state index contributed by atoms with van der Waals surface area (Å²) in [5.74, 6) is -0.833. The largest absolute Gasteiger partial charge is 0.497 e. The minimum atomic E-state index is -0.833. The molecule has 0 saturated heterocycles. The summed E-state index contributed by atoms with van der Waals surface area (Å²) in [4.78, 5) is 9.00. The van der Waals surface area contributed by atoms with Crippen molar-refractivity contribution in [1.82, 2.24) is 5.32 Å². The highest BCUT2D eigenvalue weighted by atomic mass is 16.6. The van der Waals surface area contributed by atoms with Crippen LogP contribution in [0.3, 0.4) is 0 Å². The Bertz CT molecular complexity index is 481. The number of aliphatic carboxylic acids is 1. The number of allylic oxidation sites excluding steroid dienone is 3. The number of carbonyl (C=O) groups is 1. The summed E-state index contributed by atoms with van der Waals surface area (Å²) < 4.78 is 17.0. The average molecular weight is 279 g/mol. The minimum Gasteiger partial charge on any atom is -0.497 e. The van der Waals surface area contributed by atoms with Crippen LogP contribution >= 0.6 is 0 Å². The van der Waals surface area contributed by atoms with Crippen LogP contribution in [0.25, 0.3) is 0 Å². The highest BCUT2D eigenvalue weighted by Gasteiger charge is 2.43. The maximum Gasteiger partial charge on any atom is 0.496 e. The van der Waals surface area contributed by atoms with Gasteiger partial charge in [0.05, 0.1) is 12.4 Å². The Hall–Kier alpha value is -1.57. The number of hydrogen-bond acceptors (Lipinski definition) is 5. The first-order valence-electron chi connectivity index (χ1n) is 6.44. The first kappa shape index (κ1) is 14.8. The molecule has 3 aliphatic heterocycles. The van der Waals surface area contributed by atoms with Crippen molar-refractivity contribution in [3.05, 3.63) is 35.0 Å². The maximum absolute atomic E-state index is 9.00. The number of carboxylic acids is 1. The van der Waals surface area contributed by atoms with Crippen molar-refractivity contribution in [1.29, 1.82) is 0 Å². The van der Waals surface area contributed by atoms with E-state index in [4.69, 9.17) is 23.9 Å². The highest BCUT2D eigenvalue weighted by molar-refractivity contribution is 6.57. The van der Waals surface area contributed by atoms with Gasteiger partial charge < -0.3 is 19.2 Å². The van der Waals surface area contributed by atoms with Crippen LogP contribution in [-0.2, 0) is 18.8 Å². The zero-order valence-electron chi connectivity index (χ0n) is 11.8. The van der Waals surface area contributed by atoms with E-state index >= 15 is 0 Å². The van der Waals surface area contributed by atoms with Gasteiger partial charge in [0.15, 0.2) is 0 Å². The van der Waals surface area contributed by atoms with Crippen molar-refractivity contribution >= 4 is 13.1 Å². The van der Waals surface area contributed by atoms with Gasteiger partial charge in [0.1, 0.15) is 12.8 Å². The molecule has 0 aliphatic carbocycles. The van der Waals surface area contributed by atoms with Crippen LogP contribution in [0, 0.1) is 0 Å². The lowest BCUT2D eigenvalue weighted by Crippen LogP contribution is -2.39.